The van der Waals surface area contributed by atoms with Crippen molar-refractivity contribution in [1.82, 2.24) is 10.6 Å². The van der Waals surface area contributed by atoms with Gasteiger partial charge in [-0.2, -0.15) is 0 Å². The molecular formula is C26H50N4O11. The van der Waals surface area contributed by atoms with Gasteiger partial charge >= 0.3 is 0 Å². The lowest BCUT2D eigenvalue weighted by atomic mass is 9.79. The molecular weight excluding hydrogens is 544 g/mol. The zero-order valence-corrected chi connectivity index (χ0v) is 24.2. The maximum absolute atomic E-state index is 12.9. The van der Waals surface area contributed by atoms with E-state index < -0.39 is 91.5 Å². The second kappa shape index (κ2) is 14.6. The first-order valence-corrected chi connectivity index (χ1v) is 14.4. The summed E-state index contributed by atoms with van der Waals surface area (Å²) < 4.78 is 24.0. The lowest BCUT2D eigenvalue weighted by Crippen LogP contribution is -2.68. The Kier molecular flexibility index (Phi) is 12.3. The number of carbonyl (C=O) groups is 1. The Morgan fingerprint density at radius 2 is 1.80 bits per heavy atom. The Bertz CT molecular complexity index is 841. The van der Waals surface area contributed by atoms with Crippen molar-refractivity contribution in [3.8, 4) is 0 Å². The van der Waals surface area contributed by atoms with E-state index in [1.807, 2.05) is 13.8 Å². The number of hydrogen-bond acceptors (Lipinski definition) is 14. The van der Waals surface area contributed by atoms with Crippen LogP contribution in [0.5, 0.6) is 0 Å². The molecule has 3 rings (SSSR count). The standard InChI is InChI=1S/C26H50N4O11/c1-5-12-6-7-13(27)24(39-12)40-20-11(2)8-14(30-23(36)17(33)16(28)15(32)9-31)21(18(20)34)41-25-19(35)22(29-4)26(3,37)10-38-25/h11-22,24-25,29,31-35,37H,5-10,27-28H2,1-4H3,(H,30,36)/t11-,12+,13?,14+,15-,16-,17-,18?,19?,20?,21?,22+,24+,25+,26?/m0/s1. The topological polar surface area (TPSA) is 251 Å². The van der Waals surface area contributed by atoms with Gasteiger partial charge < -0.3 is 71.7 Å². The lowest BCUT2D eigenvalue weighted by molar-refractivity contribution is -0.311. The van der Waals surface area contributed by atoms with E-state index in [1.54, 1.807) is 7.05 Å². The number of likely N-dealkylation sites (N-methyl/N-ethyl adjacent to an activating group) is 1. The molecule has 2 aliphatic heterocycles. The molecule has 3 fully saturated rings. The molecule has 0 radical (unpaired) electrons. The highest BCUT2D eigenvalue weighted by molar-refractivity contribution is 5.81. The van der Waals surface area contributed by atoms with Crippen LogP contribution in [0.2, 0.25) is 0 Å². The largest absolute Gasteiger partial charge is 0.394 e. The molecule has 0 aromatic heterocycles. The van der Waals surface area contributed by atoms with E-state index in [0.29, 0.717) is 6.42 Å². The number of rotatable bonds is 11. The summed E-state index contributed by atoms with van der Waals surface area (Å²) in [6.45, 7) is 4.37. The van der Waals surface area contributed by atoms with E-state index in [-0.39, 0.29) is 25.0 Å². The number of amides is 1. The first kappa shape index (κ1) is 34.4. The summed E-state index contributed by atoms with van der Waals surface area (Å²) in [5.41, 5.74) is 10.6. The lowest BCUT2D eigenvalue weighted by Gasteiger charge is -2.49. The SMILES string of the molecule is CC[C@@H]1CCC(N)[C@@H](OC2C(O)C(O[C@H]3OCC(C)(O)[C@H](NC)C3O)[C@H](NC(=O)[C@@H](O)[C@@H](N)[C@@H](O)CO)C[C@@H]2C)O1. The van der Waals surface area contributed by atoms with Gasteiger partial charge in [0.1, 0.15) is 30.0 Å². The molecule has 240 valence electrons. The van der Waals surface area contributed by atoms with Crippen molar-refractivity contribution < 1.29 is 54.4 Å². The van der Waals surface area contributed by atoms with Crippen molar-refractivity contribution in [3.63, 3.8) is 0 Å². The van der Waals surface area contributed by atoms with Crippen LogP contribution in [0.4, 0.5) is 0 Å². The molecule has 1 saturated carbocycles. The molecule has 1 aliphatic carbocycles. The summed E-state index contributed by atoms with van der Waals surface area (Å²) in [5.74, 6) is -1.31. The van der Waals surface area contributed by atoms with Crippen molar-refractivity contribution in [1.29, 1.82) is 0 Å². The molecule has 15 heteroatoms. The van der Waals surface area contributed by atoms with Crippen LogP contribution in [0, 0.1) is 5.92 Å². The van der Waals surface area contributed by atoms with Gasteiger partial charge in [0.2, 0.25) is 0 Å². The van der Waals surface area contributed by atoms with Gasteiger partial charge in [-0.1, -0.05) is 13.8 Å². The minimum absolute atomic E-state index is 0.0352. The molecule has 6 unspecified atom stereocenters. The zero-order valence-electron chi connectivity index (χ0n) is 24.2. The van der Waals surface area contributed by atoms with E-state index >= 15 is 0 Å². The number of nitrogens with one attached hydrogen (secondary N) is 2. The monoisotopic (exact) mass is 594 g/mol. The van der Waals surface area contributed by atoms with Crippen LogP contribution in [0.25, 0.3) is 0 Å². The first-order chi connectivity index (χ1) is 19.2. The first-order valence-electron chi connectivity index (χ1n) is 14.4. The number of aliphatic hydroxyl groups excluding tert-OH is 5. The second-order valence-electron chi connectivity index (χ2n) is 11.9. The summed E-state index contributed by atoms with van der Waals surface area (Å²) >= 11 is 0. The molecule has 0 aromatic carbocycles. The van der Waals surface area contributed by atoms with Crippen molar-refractivity contribution >= 4 is 5.91 Å². The molecule has 15 atom stereocenters. The number of nitrogens with two attached hydrogens (primary N) is 2. The Morgan fingerprint density at radius 3 is 2.41 bits per heavy atom. The molecule has 1 amide bonds. The Labute approximate surface area is 240 Å². The molecule has 2 saturated heterocycles. The van der Waals surface area contributed by atoms with Crippen molar-refractivity contribution in [2.75, 3.05) is 20.3 Å². The fourth-order valence-electron chi connectivity index (χ4n) is 5.92. The van der Waals surface area contributed by atoms with Crippen LogP contribution in [-0.4, -0.2) is 142 Å². The smallest absolute Gasteiger partial charge is 0.250 e. The predicted octanol–water partition coefficient (Wildman–Crippen LogP) is -4.02. The van der Waals surface area contributed by atoms with Crippen LogP contribution < -0.4 is 22.1 Å². The highest BCUT2D eigenvalue weighted by Crippen LogP contribution is 2.35. The molecule has 15 nitrogen and oxygen atoms in total. The van der Waals surface area contributed by atoms with Gasteiger partial charge in [0.05, 0.1) is 55.7 Å². The fourth-order valence-corrected chi connectivity index (χ4v) is 5.92. The van der Waals surface area contributed by atoms with Crippen LogP contribution in [0.1, 0.15) is 46.5 Å². The zero-order chi connectivity index (χ0) is 30.6. The van der Waals surface area contributed by atoms with Crippen molar-refractivity contribution in [3.05, 3.63) is 0 Å². The predicted molar refractivity (Wildman–Crippen MR) is 144 cm³/mol. The van der Waals surface area contributed by atoms with E-state index in [0.717, 1.165) is 12.8 Å². The quantitative estimate of drug-likeness (QED) is 0.109. The van der Waals surface area contributed by atoms with Gasteiger partial charge in [-0.3, -0.25) is 4.79 Å². The number of aliphatic hydroxyl groups is 6. The van der Waals surface area contributed by atoms with E-state index in [9.17, 15) is 30.3 Å². The average molecular weight is 595 g/mol. The third-order valence-electron chi connectivity index (χ3n) is 8.53. The summed E-state index contributed by atoms with van der Waals surface area (Å²) in [5, 5.41) is 68.0. The highest BCUT2D eigenvalue weighted by Gasteiger charge is 2.52. The van der Waals surface area contributed by atoms with Crippen LogP contribution >= 0.6 is 0 Å². The maximum atomic E-state index is 12.9. The molecule has 2 heterocycles. The molecule has 0 bridgehead atoms. The molecule has 3 aliphatic rings. The van der Waals surface area contributed by atoms with Gasteiger partial charge in [0.15, 0.2) is 12.6 Å². The van der Waals surface area contributed by atoms with E-state index in [4.69, 9.17) is 35.5 Å². The van der Waals surface area contributed by atoms with Gasteiger partial charge in [0, 0.05) is 0 Å². The normalized spacial score (nSPS) is 44.1. The minimum Gasteiger partial charge on any atom is -0.394 e. The second-order valence-corrected chi connectivity index (χ2v) is 11.9. The van der Waals surface area contributed by atoms with Crippen LogP contribution in [-0.2, 0) is 23.7 Å². The Hall–Kier alpha value is -1.05. The number of hydrogen-bond donors (Lipinski definition) is 10. The minimum atomic E-state index is -1.88. The average Bonchev–Trinajstić information content (AvgIpc) is 2.93. The third-order valence-corrected chi connectivity index (χ3v) is 8.53. The van der Waals surface area contributed by atoms with Gasteiger partial charge in [-0.25, -0.2) is 0 Å². The number of carbonyl (C=O) groups excluding carboxylic acids is 1. The Balaban J connectivity index is 1.83. The van der Waals surface area contributed by atoms with Crippen LogP contribution in [0.15, 0.2) is 0 Å². The van der Waals surface area contributed by atoms with E-state index in [1.165, 1.54) is 6.92 Å². The summed E-state index contributed by atoms with van der Waals surface area (Å²) in [7, 11) is 1.57. The molecule has 0 spiro atoms. The summed E-state index contributed by atoms with van der Waals surface area (Å²) in [4.78, 5) is 12.9. The van der Waals surface area contributed by atoms with Gasteiger partial charge in [-0.05, 0) is 45.6 Å². The fraction of sp³-hybridized carbons (Fsp3) is 0.962. The summed E-state index contributed by atoms with van der Waals surface area (Å²) in [6.07, 6.45) is -7.86. The molecule has 12 N–H and O–H groups in total. The summed E-state index contributed by atoms with van der Waals surface area (Å²) in [6, 6.07) is -3.64. The molecule has 41 heavy (non-hydrogen) atoms. The van der Waals surface area contributed by atoms with Crippen molar-refractivity contribution in [2.45, 2.75) is 132 Å². The highest BCUT2D eigenvalue weighted by atomic mass is 16.7. The van der Waals surface area contributed by atoms with E-state index in [2.05, 4.69) is 10.6 Å². The number of ether oxygens (including phenoxy) is 4. The maximum Gasteiger partial charge on any atom is 0.250 e. The van der Waals surface area contributed by atoms with Gasteiger partial charge in [0.25, 0.3) is 5.91 Å². The van der Waals surface area contributed by atoms with Crippen LogP contribution in [0.3, 0.4) is 0 Å². The van der Waals surface area contributed by atoms with Gasteiger partial charge in [-0.15, -0.1) is 0 Å². The Morgan fingerprint density at radius 1 is 1.15 bits per heavy atom. The van der Waals surface area contributed by atoms with Crippen molar-refractivity contribution in [2.24, 2.45) is 17.4 Å². The molecule has 0 aromatic rings. The third kappa shape index (κ3) is 7.92.